The first-order valence-corrected chi connectivity index (χ1v) is 10.4. The van der Waals surface area contributed by atoms with E-state index in [2.05, 4.69) is 25.2 Å². The average Bonchev–Trinajstić information content (AvgIpc) is 2.78. The topological polar surface area (TPSA) is 80.0 Å². The lowest BCUT2D eigenvalue weighted by atomic mass is 9.86. The third-order valence-electron chi connectivity index (χ3n) is 6.39. The minimum atomic E-state index is -0.276. The van der Waals surface area contributed by atoms with Crippen molar-refractivity contribution in [2.45, 2.75) is 25.3 Å². The van der Waals surface area contributed by atoms with Crippen molar-refractivity contribution in [2.75, 3.05) is 48.6 Å². The van der Waals surface area contributed by atoms with Gasteiger partial charge >= 0.3 is 0 Å². The molecule has 2 N–H and O–H groups in total. The van der Waals surface area contributed by atoms with E-state index in [1.807, 2.05) is 12.1 Å². The third-order valence-corrected chi connectivity index (χ3v) is 6.39. The van der Waals surface area contributed by atoms with E-state index in [0.29, 0.717) is 30.2 Å². The van der Waals surface area contributed by atoms with Gasteiger partial charge in [0.15, 0.2) is 23.0 Å². The molecular formula is C24H33N2O5+. The van der Waals surface area contributed by atoms with Crippen LogP contribution in [0.2, 0.25) is 0 Å². The fourth-order valence-electron chi connectivity index (χ4n) is 4.53. The number of quaternary nitrogens is 1. The summed E-state index contributed by atoms with van der Waals surface area (Å²) in [5.74, 6) is 2.57. The Labute approximate surface area is 184 Å². The van der Waals surface area contributed by atoms with Crippen LogP contribution in [0.4, 0.5) is 0 Å². The maximum atomic E-state index is 11.6. The number of methoxy groups -OCH3 is 4. The Hall–Kier alpha value is -2.93. The number of nitrogens with two attached hydrogens (primary N) is 1. The van der Waals surface area contributed by atoms with Crippen LogP contribution in [-0.4, -0.2) is 59.0 Å². The quantitative estimate of drug-likeness (QED) is 0.620. The number of carbonyl (C=O) groups excluding carboxylic acids is 1. The molecule has 168 valence electrons. The van der Waals surface area contributed by atoms with Crippen LogP contribution in [0, 0.1) is 0 Å². The summed E-state index contributed by atoms with van der Waals surface area (Å²) in [5, 5.41) is 0. The van der Waals surface area contributed by atoms with E-state index in [0.717, 1.165) is 35.2 Å². The number of carbonyl (C=O) groups is 1. The van der Waals surface area contributed by atoms with Crippen LogP contribution in [0.5, 0.6) is 23.0 Å². The minimum absolute atomic E-state index is 0.126. The second-order valence-electron chi connectivity index (χ2n) is 8.21. The first kappa shape index (κ1) is 22.7. The number of hydrogen-bond acceptors (Lipinski definition) is 5. The maximum Gasteiger partial charge on any atom is 0.223 e. The number of fused-ring (bicyclic) bond motifs is 1. The molecule has 3 rings (SSSR count). The van der Waals surface area contributed by atoms with Gasteiger partial charge in [-0.15, -0.1) is 0 Å². The van der Waals surface area contributed by atoms with Crippen LogP contribution in [0.25, 0.3) is 0 Å². The van der Waals surface area contributed by atoms with Crippen LogP contribution in [-0.2, 0) is 17.6 Å². The number of nitrogens with zero attached hydrogens (tertiary/aromatic N) is 1. The van der Waals surface area contributed by atoms with Crippen molar-refractivity contribution in [3.8, 4) is 23.0 Å². The Bertz CT molecular complexity index is 946. The molecule has 0 aliphatic carbocycles. The Morgan fingerprint density at radius 2 is 1.58 bits per heavy atom. The molecule has 0 saturated heterocycles. The molecule has 0 fully saturated rings. The van der Waals surface area contributed by atoms with E-state index in [1.54, 1.807) is 28.4 Å². The zero-order chi connectivity index (χ0) is 22.6. The van der Waals surface area contributed by atoms with Crippen molar-refractivity contribution in [3.63, 3.8) is 0 Å². The largest absolute Gasteiger partial charge is 0.493 e. The Morgan fingerprint density at radius 1 is 0.968 bits per heavy atom. The molecule has 1 amide bonds. The molecular weight excluding hydrogens is 396 g/mol. The Kier molecular flexibility index (Phi) is 6.95. The van der Waals surface area contributed by atoms with Crippen molar-refractivity contribution in [2.24, 2.45) is 5.73 Å². The molecule has 0 spiro atoms. The molecule has 2 aromatic carbocycles. The van der Waals surface area contributed by atoms with Crippen LogP contribution in [0.3, 0.4) is 0 Å². The summed E-state index contributed by atoms with van der Waals surface area (Å²) in [5.41, 5.74) is 9.09. The summed E-state index contributed by atoms with van der Waals surface area (Å²) in [6, 6.07) is 10.3. The Balaban J connectivity index is 2.06. The highest BCUT2D eigenvalue weighted by atomic mass is 16.5. The molecule has 31 heavy (non-hydrogen) atoms. The summed E-state index contributed by atoms with van der Waals surface area (Å²) in [6.07, 6.45) is 2.02. The first-order chi connectivity index (χ1) is 14.8. The highest BCUT2D eigenvalue weighted by Gasteiger charge is 2.40. The lowest BCUT2D eigenvalue weighted by Crippen LogP contribution is -2.53. The second-order valence-corrected chi connectivity index (χ2v) is 8.21. The predicted molar refractivity (Wildman–Crippen MR) is 119 cm³/mol. The number of benzene rings is 2. The van der Waals surface area contributed by atoms with Gasteiger partial charge < -0.3 is 29.2 Å². The van der Waals surface area contributed by atoms with Gasteiger partial charge in [-0.1, -0.05) is 6.07 Å². The molecule has 0 saturated carbocycles. The molecule has 2 atom stereocenters. The number of amides is 1. The molecule has 1 aliphatic heterocycles. The van der Waals surface area contributed by atoms with Crippen LogP contribution in [0.1, 0.15) is 29.2 Å². The predicted octanol–water partition coefficient (Wildman–Crippen LogP) is 2.88. The van der Waals surface area contributed by atoms with Gasteiger partial charge in [-0.05, 0) is 35.4 Å². The van der Waals surface area contributed by atoms with Crippen molar-refractivity contribution >= 4 is 5.91 Å². The Morgan fingerprint density at radius 3 is 2.19 bits per heavy atom. The van der Waals surface area contributed by atoms with Gasteiger partial charge in [-0.3, -0.25) is 4.79 Å². The second kappa shape index (κ2) is 9.47. The van der Waals surface area contributed by atoms with Crippen LogP contribution < -0.4 is 24.7 Å². The lowest BCUT2D eigenvalue weighted by Gasteiger charge is -2.46. The number of primary amides is 1. The van der Waals surface area contributed by atoms with Gasteiger partial charge in [-0.25, -0.2) is 0 Å². The minimum Gasteiger partial charge on any atom is -0.493 e. The van der Waals surface area contributed by atoms with Crippen molar-refractivity contribution in [1.29, 1.82) is 0 Å². The molecule has 1 heterocycles. The van der Waals surface area contributed by atoms with Gasteiger partial charge in [0.05, 0.1) is 55.0 Å². The number of likely N-dealkylation sites (N-methyl/N-ethyl adjacent to an activating group) is 1. The average molecular weight is 430 g/mol. The molecule has 7 heteroatoms. The molecule has 0 aromatic heterocycles. The van der Waals surface area contributed by atoms with E-state index in [4.69, 9.17) is 24.7 Å². The summed E-state index contributed by atoms with van der Waals surface area (Å²) in [7, 11) is 8.78. The number of hydrogen-bond donors (Lipinski definition) is 1. The highest BCUT2D eigenvalue weighted by Crippen LogP contribution is 2.43. The normalized spacial score (nSPS) is 20.0. The fraction of sp³-hybridized carbons (Fsp3) is 0.458. The van der Waals surface area contributed by atoms with E-state index in [9.17, 15) is 4.79 Å². The van der Waals surface area contributed by atoms with Gasteiger partial charge in [0.2, 0.25) is 5.91 Å². The van der Waals surface area contributed by atoms with Gasteiger partial charge in [-0.2, -0.15) is 0 Å². The SMILES string of the molecule is COc1ccc(C[C@@H]2c3cc(OC)c(OC)cc3CC[N+]2(C)CCC(N)=O)cc1OC. The standard InChI is InChI=1S/C24H32N2O5/c1-26(11-9-24(25)27)10-8-17-14-22(30-4)23(31-5)15-18(17)19(26)12-16-6-7-20(28-2)21(13-16)29-3/h6-7,13-15,19H,8-12H2,1-5H3,(H-,25,27)/p+1/t19-,26?/m1/s1. The van der Waals surface area contributed by atoms with E-state index in [-0.39, 0.29) is 11.9 Å². The summed E-state index contributed by atoms with van der Waals surface area (Å²) >= 11 is 0. The first-order valence-electron chi connectivity index (χ1n) is 10.4. The van der Waals surface area contributed by atoms with Gasteiger partial charge in [0, 0.05) is 18.4 Å². The highest BCUT2D eigenvalue weighted by molar-refractivity contribution is 5.73. The summed E-state index contributed by atoms with van der Waals surface area (Å²) in [6.45, 7) is 1.59. The van der Waals surface area contributed by atoms with E-state index in [1.165, 1.54) is 11.1 Å². The summed E-state index contributed by atoms with van der Waals surface area (Å²) < 4.78 is 22.7. The number of rotatable bonds is 9. The van der Waals surface area contributed by atoms with Crippen LogP contribution >= 0.6 is 0 Å². The molecule has 2 aromatic rings. The van der Waals surface area contributed by atoms with Crippen molar-refractivity contribution in [3.05, 3.63) is 47.0 Å². The van der Waals surface area contributed by atoms with E-state index < -0.39 is 0 Å². The summed E-state index contributed by atoms with van der Waals surface area (Å²) in [4.78, 5) is 11.6. The fourth-order valence-corrected chi connectivity index (χ4v) is 4.53. The van der Waals surface area contributed by atoms with Crippen molar-refractivity contribution in [1.82, 2.24) is 0 Å². The monoisotopic (exact) mass is 429 g/mol. The van der Waals surface area contributed by atoms with Gasteiger partial charge in [0.25, 0.3) is 0 Å². The molecule has 1 aliphatic rings. The molecule has 1 unspecified atom stereocenters. The smallest absolute Gasteiger partial charge is 0.223 e. The van der Waals surface area contributed by atoms with Crippen LogP contribution in [0.15, 0.2) is 30.3 Å². The number of ether oxygens (including phenoxy) is 4. The maximum absolute atomic E-state index is 11.6. The van der Waals surface area contributed by atoms with Crippen molar-refractivity contribution < 1.29 is 28.2 Å². The lowest BCUT2D eigenvalue weighted by molar-refractivity contribution is -0.940. The zero-order valence-electron chi connectivity index (χ0n) is 19.1. The van der Waals surface area contributed by atoms with E-state index >= 15 is 0 Å². The zero-order valence-corrected chi connectivity index (χ0v) is 19.1. The third kappa shape index (κ3) is 4.71. The van der Waals surface area contributed by atoms with Gasteiger partial charge in [0.1, 0.15) is 6.04 Å². The molecule has 0 bridgehead atoms. The molecule has 7 nitrogen and oxygen atoms in total. The molecule has 0 radical (unpaired) electrons.